The molecule has 0 radical (unpaired) electrons. The molecule has 0 spiro atoms. The summed E-state index contributed by atoms with van der Waals surface area (Å²) in [6.45, 7) is 7.16. The number of hydrogen-bond donors (Lipinski definition) is 1. The van der Waals surface area contributed by atoms with Crippen LogP contribution in [0.25, 0.3) is 0 Å². The van der Waals surface area contributed by atoms with E-state index in [9.17, 15) is 9.18 Å². The van der Waals surface area contributed by atoms with Crippen molar-refractivity contribution < 1.29 is 13.9 Å². The number of nitrogens with zero attached hydrogens (tertiary/aromatic N) is 2. The Hall–Kier alpha value is -2.31. The molecule has 0 saturated carbocycles. The molecule has 1 amide bonds. The third-order valence-electron chi connectivity index (χ3n) is 5.14. The fourth-order valence-corrected chi connectivity index (χ4v) is 3.59. The van der Waals surface area contributed by atoms with E-state index in [0.29, 0.717) is 10.8 Å². The highest BCUT2D eigenvalue weighted by molar-refractivity contribution is 6.30. The maximum Gasteiger partial charge on any atom is 0.261 e. The minimum absolute atomic E-state index is 0.272. The van der Waals surface area contributed by atoms with E-state index in [1.165, 1.54) is 12.1 Å². The number of anilines is 1. The number of carbonyl (C=O) groups excluding carboxylic acids is 1. The fourth-order valence-electron chi connectivity index (χ4n) is 3.41. The van der Waals surface area contributed by atoms with Gasteiger partial charge in [0, 0.05) is 42.5 Å². The lowest BCUT2D eigenvalue weighted by atomic mass is 10.0. The monoisotopic (exact) mass is 419 g/mol. The lowest BCUT2D eigenvalue weighted by Gasteiger charge is -2.36. The molecular formula is C22H27ClFN3O2. The average molecular weight is 420 g/mol. The maximum atomic E-state index is 14.0. The first-order valence-corrected chi connectivity index (χ1v) is 10.2. The van der Waals surface area contributed by atoms with Crippen LogP contribution in [0.2, 0.25) is 5.02 Å². The first kappa shape index (κ1) is 21.4. The molecule has 7 heteroatoms. The second kappa shape index (κ2) is 9.46. The molecule has 1 aliphatic heterocycles. The van der Waals surface area contributed by atoms with E-state index < -0.39 is 6.10 Å². The van der Waals surface area contributed by atoms with Crippen molar-refractivity contribution in [3.05, 3.63) is 58.9 Å². The predicted octanol–water partition coefficient (Wildman–Crippen LogP) is 3.88. The van der Waals surface area contributed by atoms with Crippen molar-refractivity contribution in [3.8, 4) is 5.75 Å². The topological polar surface area (TPSA) is 44.8 Å². The summed E-state index contributed by atoms with van der Waals surface area (Å²) in [7, 11) is 2.09. The van der Waals surface area contributed by atoms with Gasteiger partial charge in [0.05, 0.1) is 6.04 Å². The molecule has 3 rings (SSSR count). The largest absolute Gasteiger partial charge is 0.481 e. The number of halogens is 2. The van der Waals surface area contributed by atoms with Gasteiger partial charge in [-0.3, -0.25) is 4.79 Å². The highest BCUT2D eigenvalue weighted by Crippen LogP contribution is 2.28. The highest BCUT2D eigenvalue weighted by Gasteiger charge is 2.23. The van der Waals surface area contributed by atoms with E-state index in [2.05, 4.69) is 22.2 Å². The van der Waals surface area contributed by atoms with Crippen molar-refractivity contribution in [2.75, 3.05) is 38.1 Å². The Morgan fingerprint density at radius 1 is 1.14 bits per heavy atom. The van der Waals surface area contributed by atoms with E-state index in [0.717, 1.165) is 37.4 Å². The van der Waals surface area contributed by atoms with Gasteiger partial charge in [0.2, 0.25) is 0 Å². The molecule has 156 valence electrons. The summed E-state index contributed by atoms with van der Waals surface area (Å²) in [5, 5.41) is 3.49. The number of hydrogen-bond acceptors (Lipinski definition) is 4. The SMILES string of the molecule is CC(Oc1cccc(Cl)c1)C(=O)NC(C)c1cc(F)ccc1N1CCN(C)CC1. The molecule has 1 saturated heterocycles. The van der Waals surface area contributed by atoms with Gasteiger partial charge in [-0.1, -0.05) is 17.7 Å². The summed E-state index contributed by atoms with van der Waals surface area (Å²) in [5.41, 5.74) is 1.72. The first-order chi connectivity index (χ1) is 13.8. The fraction of sp³-hybridized carbons (Fsp3) is 0.409. The number of likely N-dealkylation sites (N-methyl/N-ethyl adjacent to an activating group) is 1. The maximum absolute atomic E-state index is 14.0. The highest BCUT2D eigenvalue weighted by atomic mass is 35.5. The van der Waals surface area contributed by atoms with Crippen LogP contribution in [0, 0.1) is 5.82 Å². The zero-order valence-corrected chi connectivity index (χ0v) is 17.7. The standard InChI is InChI=1S/C22H27ClFN3O2/c1-15(25-22(28)16(2)29-19-6-4-5-17(23)13-19)20-14-18(24)7-8-21(20)27-11-9-26(3)10-12-27/h4-8,13-16H,9-12H2,1-3H3,(H,25,28). The van der Waals surface area contributed by atoms with Crippen LogP contribution in [0.3, 0.4) is 0 Å². The first-order valence-electron chi connectivity index (χ1n) is 9.79. The normalized spacial score (nSPS) is 16.9. The average Bonchev–Trinajstić information content (AvgIpc) is 2.68. The van der Waals surface area contributed by atoms with Crippen LogP contribution in [0.5, 0.6) is 5.75 Å². The molecule has 0 bridgehead atoms. The molecule has 2 aromatic carbocycles. The van der Waals surface area contributed by atoms with E-state index >= 15 is 0 Å². The number of piperazine rings is 1. The van der Waals surface area contributed by atoms with Crippen LogP contribution < -0.4 is 15.0 Å². The number of carbonyl (C=O) groups is 1. The molecule has 2 unspecified atom stereocenters. The lowest BCUT2D eigenvalue weighted by molar-refractivity contribution is -0.127. The molecule has 0 aromatic heterocycles. The van der Waals surface area contributed by atoms with Gasteiger partial charge in [-0.05, 0) is 57.3 Å². The van der Waals surface area contributed by atoms with E-state index in [1.807, 2.05) is 6.92 Å². The number of ether oxygens (including phenoxy) is 1. The number of rotatable bonds is 6. The zero-order chi connectivity index (χ0) is 21.0. The van der Waals surface area contributed by atoms with Crippen molar-refractivity contribution in [2.45, 2.75) is 26.0 Å². The summed E-state index contributed by atoms with van der Waals surface area (Å²) in [5.74, 6) is -0.0649. The second-order valence-electron chi connectivity index (χ2n) is 7.44. The van der Waals surface area contributed by atoms with Gasteiger partial charge in [0.15, 0.2) is 6.10 Å². The van der Waals surface area contributed by atoms with Gasteiger partial charge in [-0.2, -0.15) is 0 Å². The Morgan fingerprint density at radius 3 is 2.55 bits per heavy atom. The van der Waals surface area contributed by atoms with Crippen LogP contribution in [0.15, 0.2) is 42.5 Å². The van der Waals surface area contributed by atoms with Gasteiger partial charge in [-0.25, -0.2) is 4.39 Å². The molecule has 29 heavy (non-hydrogen) atoms. The zero-order valence-electron chi connectivity index (χ0n) is 17.0. The predicted molar refractivity (Wildman–Crippen MR) is 114 cm³/mol. The summed E-state index contributed by atoms with van der Waals surface area (Å²) in [4.78, 5) is 17.2. The Balaban J connectivity index is 1.70. The van der Waals surface area contributed by atoms with E-state index in [4.69, 9.17) is 16.3 Å². The Bertz CT molecular complexity index is 856. The van der Waals surface area contributed by atoms with Crippen molar-refractivity contribution in [1.29, 1.82) is 0 Å². The quantitative estimate of drug-likeness (QED) is 0.771. The van der Waals surface area contributed by atoms with Gasteiger partial charge in [0.1, 0.15) is 11.6 Å². The van der Waals surface area contributed by atoms with Gasteiger partial charge >= 0.3 is 0 Å². The lowest BCUT2D eigenvalue weighted by Crippen LogP contribution is -2.45. The number of nitrogens with one attached hydrogen (secondary N) is 1. The minimum atomic E-state index is -0.712. The molecule has 1 N–H and O–H groups in total. The Morgan fingerprint density at radius 2 is 1.86 bits per heavy atom. The van der Waals surface area contributed by atoms with Crippen molar-refractivity contribution in [1.82, 2.24) is 10.2 Å². The minimum Gasteiger partial charge on any atom is -0.481 e. The van der Waals surface area contributed by atoms with Crippen LogP contribution >= 0.6 is 11.6 Å². The summed E-state index contributed by atoms with van der Waals surface area (Å²) in [6, 6.07) is 11.3. The van der Waals surface area contributed by atoms with Gasteiger partial charge in [-0.15, -0.1) is 0 Å². The molecule has 2 atom stereocenters. The summed E-state index contributed by atoms with van der Waals surface area (Å²) >= 11 is 5.96. The Kier molecular flexibility index (Phi) is 6.98. The number of amides is 1. The van der Waals surface area contributed by atoms with Crippen LogP contribution in [0.1, 0.15) is 25.5 Å². The molecule has 1 fully saturated rings. The molecule has 0 aliphatic carbocycles. The van der Waals surface area contributed by atoms with Gasteiger partial charge < -0.3 is 19.9 Å². The van der Waals surface area contributed by atoms with E-state index in [1.54, 1.807) is 37.3 Å². The van der Waals surface area contributed by atoms with Crippen LogP contribution in [0.4, 0.5) is 10.1 Å². The summed E-state index contributed by atoms with van der Waals surface area (Å²) in [6.07, 6.45) is -0.712. The van der Waals surface area contributed by atoms with Crippen molar-refractivity contribution >= 4 is 23.2 Å². The van der Waals surface area contributed by atoms with Gasteiger partial charge in [0.25, 0.3) is 5.91 Å². The molecule has 1 heterocycles. The molecule has 2 aromatic rings. The Labute approximate surface area is 176 Å². The third-order valence-corrected chi connectivity index (χ3v) is 5.37. The molecule has 1 aliphatic rings. The summed E-state index contributed by atoms with van der Waals surface area (Å²) < 4.78 is 19.7. The number of benzene rings is 2. The smallest absolute Gasteiger partial charge is 0.261 e. The van der Waals surface area contributed by atoms with Crippen LogP contribution in [-0.4, -0.2) is 50.1 Å². The van der Waals surface area contributed by atoms with Crippen molar-refractivity contribution in [2.24, 2.45) is 0 Å². The molecule has 5 nitrogen and oxygen atoms in total. The third kappa shape index (κ3) is 5.61. The van der Waals surface area contributed by atoms with E-state index in [-0.39, 0.29) is 17.8 Å². The second-order valence-corrected chi connectivity index (χ2v) is 7.88. The van der Waals surface area contributed by atoms with Crippen molar-refractivity contribution in [3.63, 3.8) is 0 Å². The van der Waals surface area contributed by atoms with Crippen LogP contribution in [-0.2, 0) is 4.79 Å². The molecular weight excluding hydrogens is 393 g/mol.